The average Bonchev–Trinajstić information content (AvgIpc) is 2.67. The maximum absolute atomic E-state index is 14.0. The van der Waals surface area contributed by atoms with Crippen LogP contribution in [0.4, 0.5) is 35.1 Å². The molecule has 1 amide bonds. The summed E-state index contributed by atoms with van der Waals surface area (Å²) in [7, 11) is -6.40. The van der Waals surface area contributed by atoms with Crippen molar-refractivity contribution < 1.29 is 67.2 Å². The number of hydrogen-bond acceptors (Lipinski definition) is 6. The second kappa shape index (κ2) is 11.6. The minimum atomic E-state index is -6.40. The van der Waals surface area contributed by atoms with Crippen molar-refractivity contribution in [2.24, 2.45) is 0 Å². The fourth-order valence-electron chi connectivity index (χ4n) is 2.18. The van der Waals surface area contributed by atoms with Crippen LogP contribution in [0.5, 0.6) is 0 Å². The van der Waals surface area contributed by atoms with Crippen LogP contribution in [0.3, 0.4) is 0 Å². The lowest BCUT2D eigenvalue weighted by atomic mass is 10.1. The van der Waals surface area contributed by atoms with Gasteiger partial charge in [-0.2, -0.15) is 43.5 Å². The first-order chi connectivity index (χ1) is 15.2. The van der Waals surface area contributed by atoms with E-state index in [-0.39, 0.29) is 12.8 Å². The number of ether oxygens (including phenoxy) is 2. The number of nitrogens with zero attached hydrogens (tertiary/aromatic N) is 1. The smallest absolute Gasteiger partial charge is 0.412 e. The quantitative estimate of drug-likeness (QED) is 0.125. The number of amides is 1. The normalized spacial score (nSPS) is 14.9. The molecule has 0 saturated carbocycles. The lowest BCUT2D eigenvalue weighted by Gasteiger charge is -2.37. The van der Waals surface area contributed by atoms with E-state index in [9.17, 15) is 53.1 Å². The van der Waals surface area contributed by atoms with Gasteiger partial charge in [-0.25, -0.2) is 4.79 Å². The van der Waals surface area contributed by atoms with Crippen molar-refractivity contribution >= 4 is 22.0 Å². The van der Waals surface area contributed by atoms with E-state index in [4.69, 9.17) is 4.55 Å². The van der Waals surface area contributed by atoms with Gasteiger partial charge in [0.25, 0.3) is 0 Å². The summed E-state index contributed by atoms with van der Waals surface area (Å²) in [4.78, 5) is 25.0. The molecule has 0 aliphatic carbocycles. The van der Waals surface area contributed by atoms with Gasteiger partial charge in [-0.15, -0.1) is 0 Å². The molecular formula is C17H23F8NO7S. The van der Waals surface area contributed by atoms with Crippen molar-refractivity contribution in [2.45, 2.75) is 62.9 Å². The van der Waals surface area contributed by atoms with E-state index < -0.39 is 70.7 Å². The van der Waals surface area contributed by atoms with Crippen molar-refractivity contribution in [2.75, 3.05) is 19.7 Å². The highest BCUT2D eigenvalue weighted by atomic mass is 32.2. The van der Waals surface area contributed by atoms with Crippen LogP contribution in [-0.4, -0.2) is 72.8 Å². The molecule has 0 saturated heterocycles. The summed E-state index contributed by atoms with van der Waals surface area (Å²) in [5.74, 6) is -10.4. The Bertz CT molecular complexity index is 834. The first kappa shape index (κ1) is 32.0. The van der Waals surface area contributed by atoms with Gasteiger partial charge in [-0.05, 0) is 12.8 Å². The van der Waals surface area contributed by atoms with E-state index in [2.05, 4.69) is 16.1 Å². The molecule has 0 spiro atoms. The molecule has 0 fully saturated rings. The lowest BCUT2D eigenvalue weighted by molar-refractivity contribution is -0.356. The number of alkyl halides is 8. The van der Waals surface area contributed by atoms with Gasteiger partial charge >= 0.3 is 45.4 Å². The Labute approximate surface area is 189 Å². The predicted molar refractivity (Wildman–Crippen MR) is 98.9 cm³/mol. The number of unbranched alkanes of at least 4 members (excludes halogenated alkanes) is 2. The SMILES string of the molecule is C=C(C(=O)OC(OCC(F)(F)S(=O)(=O)O)(C(=O)N(CCCC)CCCC)C(F)(F)F)C(F)(F)F. The van der Waals surface area contributed by atoms with Crippen LogP contribution in [0.25, 0.3) is 0 Å². The van der Waals surface area contributed by atoms with Gasteiger partial charge in [-0.3, -0.25) is 9.35 Å². The van der Waals surface area contributed by atoms with E-state index in [0.717, 1.165) is 0 Å². The van der Waals surface area contributed by atoms with E-state index in [1.807, 2.05) is 0 Å². The van der Waals surface area contributed by atoms with E-state index >= 15 is 0 Å². The van der Waals surface area contributed by atoms with Gasteiger partial charge in [0.2, 0.25) is 0 Å². The number of rotatable bonds is 13. The van der Waals surface area contributed by atoms with Crippen LogP contribution in [0.15, 0.2) is 12.2 Å². The van der Waals surface area contributed by atoms with Gasteiger partial charge in [-0.1, -0.05) is 33.3 Å². The third-order valence-electron chi connectivity index (χ3n) is 4.15. The summed E-state index contributed by atoms with van der Waals surface area (Å²) in [5.41, 5.74) is -2.53. The van der Waals surface area contributed by atoms with E-state index in [1.54, 1.807) is 13.8 Å². The number of halogens is 8. The molecule has 1 N–H and O–H groups in total. The van der Waals surface area contributed by atoms with E-state index in [0.29, 0.717) is 17.7 Å². The molecule has 0 radical (unpaired) electrons. The molecule has 0 aliphatic rings. The fourth-order valence-corrected chi connectivity index (χ4v) is 2.39. The van der Waals surface area contributed by atoms with Crippen molar-refractivity contribution in [1.29, 1.82) is 0 Å². The Morgan fingerprint density at radius 3 is 1.71 bits per heavy atom. The summed E-state index contributed by atoms with van der Waals surface area (Å²) in [5, 5.41) is -5.46. The zero-order valence-corrected chi connectivity index (χ0v) is 18.7. The average molecular weight is 537 g/mol. The van der Waals surface area contributed by atoms with Crippen LogP contribution < -0.4 is 0 Å². The lowest BCUT2D eigenvalue weighted by Crippen LogP contribution is -2.63. The summed E-state index contributed by atoms with van der Waals surface area (Å²) >= 11 is 0. The molecule has 0 bridgehead atoms. The molecule has 0 rings (SSSR count). The third-order valence-corrected chi connectivity index (χ3v) is 5.02. The minimum Gasteiger partial charge on any atom is -0.412 e. The van der Waals surface area contributed by atoms with Crippen molar-refractivity contribution in [1.82, 2.24) is 4.90 Å². The van der Waals surface area contributed by atoms with Crippen molar-refractivity contribution in [3.05, 3.63) is 12.2 Å². The van der Waals surface area contributed by atoms with Crippen LogP contribution in [0.2, 0.25) is 0 Å². The van der Waals surface area contributed by atoms with Crippen molar-refractivity contribution in [3.8, 4) is 0 Å². The third kappa shape index (κ3) is 8.04. The molecule has 34 heavy (non-hydrogen) atoms. The predicted octanol–water partition coefficient (Wildman–Crippen LogP) is 3.83. The Morgan fingerprint density at radius 2 is 1.38 bits per heavy atom. The second-order valence-electron chi connectivity index (χ2n) is 6.88. The Hall–Kier alpha value is -2.01. The fraction of sp³-hybridized carbons (Fsp3) is 0.765. The minimum absolute atomic E-state index is 0.0494. The number of carbonyl (C=O) groups is 2. The van der Waals surface area contributed by atoms with Crippen LogP contribution >= 0.6 is 0 Å². The zero-order chi connectivity index (χ0) is 27.2. The highest BCUT2D eigenvalue weighted by Gasteiger charge is 2.69. The molecular weight excluding hydrogens is 514 g/mol. The first-order valence-corrected chi connectivity index (χ1v) is 11.0. The highest BCUT2D eigenvalue weighted by Crippen LogP contribution is 2.40. The molecule has 1 atom stereocenters. The molecule has 0 heterocycles. The van der Waals surface area contributed by atoms with Crippen LogP contribution in [-0.2, 0) is 29.2 Å². The Kier molecular flexibility index (Phi) is 10.9. The molecule has 0 aromatic heterocycles. The molecule has 17 heteroatoms. The largest absolute Gasteiger partial charge is 0.466 e. The zero-order valence-electron chi connectivity index (χ0n) is 17.9. The van der Waals surface area contributed by atoms with Crippen LogP contribution in [0, 0.1) is 0 Å². The van der Waals surface area contributed by atoms with Crippen molar-refractivity contribution in [3.63, 3.8) is 0 Å². The molecule has 0 aliphatic heterocycles. The molecule has 8 nitrogen and oxygen atoms in total. The summed E-state index contributed by atoms with van der Waals surface area (Å²) < 4.78 is 145. The number of esters is 1. The highest BCUT2D eigenvalue weighted by molar-refractivity contribution is 7.86. The Morgan fingerprint density at radius 1 is 0.941 bits per heavy atom. The van der Waals surface area contributed by atoms with E-state index in [1.165, 1.54) is 0 Å². The molecule has 0 aromatic rings. The second-order valence-corrected chi connectivity index (χ2v) is 8.43. The standard InChI is InChI=1S/C17H23F8NO7S/c1-4-6-8-26(9-7-5-2)13(28)15(17(23,24)25,32-10-14(18,19)34(29,30)31)33-12(27)11(3)16(20,21)22/h3-10H2,1-2H3,(H,29,30,31). The summed E-state index contributed by atoms with van der Waals surface area (Å²) in [6.45, 7) is 1.50. The Balaban J connectivity index is 6.70. The monoisotopic (exact) mass is 537 g/mol. The van der Waals surface area contributed by atoms with Gasteiger partial charge in [0, 0.05) is 13.1 Å². The number of carbonyl (C=O) groups excluding carboxylic acids is 2. The maximum Gasteiger partial charge on any atom is 0.466 e. The summed E-state index contributed by atoms with van der Waals surface area (Å²) in [6, 6.07) is 0. The van der Waals surface area contributed by atoms with Gasteiger partial charge in [0.15, 0.2) is 0 Å². The molecule has 1 unspecified atom stereocenters. The molecule has 200 valence electrons. The summed E-state index contributed by atoms with van der Waals surface area (Å²) in [6.07, 6.45) is -11.2. The maximum atomic E-state index is 14.0. The van der Waals surface area contributed by atoms with Gasteiger partial charge in [0.1, 0.15) is 12.2 Å². The molecule has 0 aromatic carbocycles. The van der Waals surface area contributed by atoms with Gasteiger partial charge in [0.05, 0.1) is 0 Å². The van der Waals surface area contributed by atoms with Crippen LogP contribution in [0.1, 0.15) is 39.5 Å². The first-order valence-electron chi connectivity index (χ1n) is 9.52. The number of hydrogen-bond donors (Lipinski definition) is 1. The van der Waals surface area contributed by atoms with Gasteiger partial charge < -0.3 is 14.4 Å². The topological polar surface area (TPSA) is 110 Å².